The summed E-state index contributed by atoms with van der Waals surface area (Å²) >= 11 is 5.11. The van der Waals surface area contributed by atoms with Gasteiger partial charge in [-0.2, -0.15) is 0 Å². The molecular weight excluding hydrogens is 115 g/mol. The molecule has 0 aromatic heterocycles. The molecular formula is C3H7ClN2O. The van der Waals surface area contributed by atoms with Crippen LogP contribution >= 0.6 is 11.6 Å². The monoisotopic (exact) mass is 122 g/mol. The summed E-state index contributed by atoms with van der Waals surface area (Å²) in [6.07, 6.45) is 1.61. The maximum atomic E-state index is 5.11. The summed E-state index contributed by atoms with van der Waals surface area (Å²) < 4.78 is 0. The number of halogens is 1. The van der Waals surface area contributed by atoms with Gasteiger partial charge in [-0.25, -0.2) is 5.84 Å². The van der Waals surface area contributed by atoms with Gasteiger partial charge in [0.1, 0.15) is 0 Å². The lowest BCUT2D eigenvalue weighted by Gasteiger charge is -1.90. The van der Waals surface area contributed by atoms with Gasteiger partial charge in [-0.1, -0.05) is 11.6 Å². The van der Waals surface area contributed by atoms with Gasteiger partial charge >= 0.3 is 0 Å². The molecule has 0 radical (unpaired) electrons. The van der Waals surface area contributed by atoms with Crippen LogP contribution in [0.5, 0.6) is 0 Å². The molecule has 7 heavy (non-hydrogen) atoms. The molecule has 0 aromatic rings. The zero-order valence-electron chi connectivity index (χ0n) is 3.73. The van der Waals surface area contributed by atoms with Gasteiger partial charge in [0.05, 0.1) is 6.61 Å². The van der Waals surface area contributed by atoms with Gasteiger partial charge in [0.2, 0.25) is 0 Å². The van der Waals surface area contributed by atoms with E-state index in [4.69, 9.17) is 17.4 Å². The Kier molecular flexibility index (Phi) is 5.83. The van der Waals surface area contributed by atoms with E-state index in [1.54, 1.807) is 6.08 Å². The number of hydrogen-bond donors (Lipinski definition) is 2. The van der Waals surface area contributed by atoms with Crippen LogP contribution in [0.4, 0.5) is 0 Å². The Morgan fingerprint density at radius 2 is 2.57 bits per heavy atom. The van der Waals surface area contributed by atoms with Gasteiger partial charge in [0, 0.05) is 5.54 Å². The van der Waals surface area contributed by atoms with Crippen molar-refractivity contribution in [3.8, 4) is 0 Å². The predicted molar refractivity (Wildman–Crippen MR) is 28.3 cm³/mol. The van der Waals surface area contributed by atoms with Gasteiger partial charge in [-0.05, 0) is 6.08 Å². The van der Waals surface area contributed by atoms with Crippen molar-refractivity contribution in [3.05, 3.63) is 11.6 Å². The minimum Gasteiger partial charge on any atom is -0.283 e. The molecule has 0 saturated carbocycles. The Bertz CT molecular complexity index is 56.9. The van der Waals surface area contributed by atoms with E-state index < -0.39 is 0 Å². The topological polar surface area (TPSA) is 47.3 Å². The molecule has 0 heterocycles. The second-order valence-electron chi connectivity index (χ2n) is 0.791. The smallest absolute Gasteiger partial charge is 0.0891 e. The molecule has 3 nitrogen and oxygen atoms in total. The number of rotatable bonds is 3. The Balaban J connectivity index is 2.69. The van der Waals surface area contributed by atoms with E-state index in [1.807, 2.05) is 5.59 Å². The van der Waals surface area contributed by atoms with Crippen LogP contribution < -0.4 is 11.4 Å². The summed E-state index contributed by atoms with van der Waals surface area (Å²) in [6, 6.07) is 0. The Hall–Kier alpha value is -0.0900. The Labute approximate surface area is 47.0 Å². The normalized spacial score (nSPS) is 10.6. The summed E-state index contributed by atoms with van der Waals surface area (Å²) in [5.74, 6) is 4.72. The fourth-order valence-electron chi connectivity index (χ4n) is 0.133. The lowest BCUT2D eigenvalue weighted by molar-refractivity contribution is 0.0629. The van der Waals surface area contributed by atoms with E-state index in [9.17, 15) is 0 Å². The summed E-state index contributed by atoms with van der Waals surface area (Å²) in [4.78, 5) is 4.43. The van der Waals surface area contributed by atoms with Crippen LogP contribution in [0.15, 0.2) is 11.6 Å². The summed E-state index contributed by atoms with van der Waals surface area (Å²) in [7, 11) is 0. The standard InChI is InChI=1S/C3H7ClN2O/c4-2-1-3-7-6-5/h1-2,6H,3,5H2/b2-1+. The van der Waals surface area contributed by atoms with Crippen LogP contribution in [-0.2, 0) is 4.84 Å². The molecule has 0 atom stereocenters. The van der Waals surface area contributed by atoms with Crippen molar-refractivity contribution in [2.45, 2.75) is 0 Å². The van der Waals surface area contributed by atoms with Gasteiger partial charge < -0.3 is 0 Å². The first-order valence-corrected chi connectivity index (χ1v) is 2.18. The molecule has 0 bridgehead atoms. The summed E-state index contributed by atoms with van der Waals surface area (Å²) in [5.41, 5.74) is 3.35. The van der Waals surface area contributed by atoms with Crippen molar-refractivity contribution < 1.29 is 4.84 Å². The Morgan fingerprint density at radius 3 is 3.00 bits per heavy atom. The third-order valence-electron chi connectivity index (χ3n) is 0.352. The van der Waals surface area contributed by atoms with Crippen molar-refractivity contribution in [2.24, 2.45) is 5.84 Å². The molecule has 0 aliphatic rings. The first-order chi connectivity index (χ1) is 3.41. The van der Waals surface area contributed by atoms with Crippen LogP contribution in [-0.4, -0.2) is 6.61 Å². The molecule has 42 valence electrons. The predicted octanol–water partition coefficient (Wildman–Crippen LogP) is 0.134. The fraction of sp³-hybridized carbons (Fsp3) is 0.333. The average molecular weight is 123 g/mol. The number of hydrogen-bond acceptors (Lipinski definition) is 3. The second-order valence-corrected chi connectivity index (χ2v) is 1.04. The lowest BCUT2D eigenvalue weighted by atomic mass is 10.7. The number of hydrazine groups is 1. The van der Waals surface area contributed by atoms with Crippen LogP contribution in [0, 0.1) is 0 Å². The molecule has 0 aliphatic carbocycles. The highest BCUT2D eigenvalue weighted by Gasteiger charge is 1.69. The van der Waals surface area contributed by atoms with Crippen molar-refractivity contribution in [2.75, 3.05) is 6.61 Å². The van der Waals surface area contributed by atoms with Crippen LogP contribution in [0.2, 0.25) is 0 Å². The zero-order valence-corrected chi connectivity index (χ0v) is 4.48. The van der Waals surface area contributed by atoms with E-state index in [0.717, 1.165) is 0 Å². The van der Waals surface area contributed by atoms with Gasteiger partial charge in [-0.15, -0.1) is 5.59 Å². The Morgan fingerprint density at radius 1 is 1.86 bits per heavy atom. The van der Waals surface area contributed by atoms with E-state index in [-0.39, 0.29) is 0 Å². The van der Waals surface area contributed by atoms with E-state index >= 15 is 0 Å². The second kappa shape index (κ2) is 5.91. The highest BCUT2D eigenvalue weighted by Crippen LogP contribution is 1.75. The molecule has 0 amide bonds. The van der Waals surface area contributed by atoms with Crippen LogP contribution in [0.25, 0.3) is 0 Å². The van der Waals surface area contributed by atoms with Crippen molar-refractivity contribution >= 4 is 11.6 Å². The third kappa shape index (κ3) is 5.91. The van der Waals surface area contributed by atoms with Crippen LogP contribution in [0.1, 0.15) is 0 Å². The molecule has 0 aromatic carbocycles. The molecule has 0 spiro atoms. The van der Waals surface area contributed by atoms with Crippen LogP contribution in [0.3, 0.4) is 0 Å². The lowest BCUT2D eigenvalue weighted by Crippen LogP contribution is -2.21. The number of nitrogens with two attached hydrogens (primary N) is 1. The summed E-state index contributed by atoms with van der Waals surface area (Å²) in [5, 5.41) is 0. The van der Waals surface area contributed by atoms with Crippen molar-refractivity contribution in [1.82, 2.24) is 5.59 Å². The molecule has 0 rings (SSSR count). The quantitative estimate of drug-likeness (QED) is 0.318. The SMILES string of the molecule is NNOC/C=C/Cl. The van der Waals surface area contributed by atoms with Gasteiger partial charge in [0.15, 0.2) is 0 Å². The maximum Gasteiger partial charge on any atom is 0.0891 e. The minimum absolute atomic E-state index is 0.389. The summed E-state index contributed by atoms with van der Waals surface area (Å²) in [6.45, 7) is 0.389. The highest BCUT2D eigenvalue weighted by molar-refractivity contribution is 6.25. The van der Waals surface area contributed by atoms with E-state index in [0.29, 0.717) is 6.61 Å². The van der Waals surface area contributed by atoms with Crippen molar-refractivity contribution in [1.29, 1.82) is 0 Å². The van der Waals surface area contributed by atoms with E-state index in [1.165, 1.54) is 5.54 Å². The molecule has 0 aliphatic heterocycles. The van der Waals surface area contributed by atoms with Gasteiger partial charge in [0.25, 0.3) is 0 Å². The fourth-order valence-corrected chi connectivity index (χ4v) is 0.205. The maximum absolute atomic E-state index is 5.11. The first-order valence-electron chi connectivity index (χ1n) is 1.74. The minimum atomic E-state index is 0.389. The molecule has 0 saturated heterocycles. The largest absolute Gasteiger partial charge is 0.283 e. The number of nitrogens with one attached hydrogen (secondary N) is 1. The highest BCUT2D eigenvalue weighted by atomic mass is 35.5. The van der Waals surface area contributed by atoms with Crippen molar-refractivity contribution in [3.63, 3.8) is 0 Å². The molecule has 0 fully saturated rings. The van der Waals surface area contributed by atoms with Gasteiger partial charge in [-0.3, -0.25) is 4.84 Å². The first kappa shape index (κ1) is 6.91. The van der Waals surface area contributed by atoms with E-state index in [2.05, 4.69) is 4.84 Å². The third-order valence-corrected chi connectivity index (χ3v) is 0.530. The molecule has 4 heteroatoms. The zero-order chi connectivity index (χ0) is 5.54. The average Bonchev–Trinajstić information content (AvgIpc) is 1.69. The molecule has 3 N–H and O–H groups in total. The molecule has 0 unspecified atom stereocenters.